The highest BCUT2D eigenvalue weighted by Gasteiger charge is 2.38. The Morgan fingerprint density at radius 2 is 1.62 bits per heavy atom. The molecule has 0 saturated carbocycles. The van der Waals surface area contributed by atoms with Gasteiger partial charge < -0.3 is 10.4 Å². The highest BCUT2D eigenvalue weighted by Crippen LogP contribution is 2.21. The van der Waals surface area contributed by atoms with Crippen LogP contribution in [-0.2, 0) is 4.79 Å². The van der Waals surface area contributed by atoms with Crippen molar-refractivity contribution in [1.29, 1.82) is 0 Å². The van der Waals surface area contributed by atoms with Gasteiger partial charge in [-0.3, -0.25) is 9.47 Å². The predicted molar refractivity (Wildman–Crippen MR) is 105 cm³/mol. The summed E-state index contributed by atoms with van der Waals surface area (Å²) in [6.45, 7) is 1.97. The number of hydrogen-bond donors (Lipinski definition) is 2. The number of carbonyl (C=O) groups is 1. The minimum Gasteiger partial charge on any atom is -0.475 e. The lowest BCUT2D eigenvalue weighted by molar-refractivity contribution is -0.192. The molecule has 10 heteroatoms. The van der Waals surface area contributed by atoms with Crippen LogP contribution in [0.25, 0.3) is 11.0 Å². The number of halogens is 3. The summed E-state index contributed by atoms with van der Waals surface area (Å²) in [6, 6.07) is 11.9. The van der Waals surface area contributed by atoms with E-state index in [1.807, 2.05) is 43.3 Å². The number of aromatic nitrogens is 3. The Morgan fingerprint density at radius 3 is 2.17 bits per heavy atom. The first-order valence-corrected chi connectivity index (χ1v) is 8.46. The number of anilines is 2. The van der Waals surface area contributed by atoms with Crippen LogP contribution in [0.5, 0.6) is 0 Å². The van der Waals surface area contributed by atoms with Crippen LogP contribution in [0.2, 0.25) is 0 Å². The summed E-state index contributed by atoms with van der Waals surface area (Å²) in [6.07, 6.45) is -3.30. The second kappa shape index (κ2) is 8.39. The second-order valence-corrected chi connectivity index (χ2v) is 7.03. The molecule has 3 heterocycles. The standard InChI is InChI=1S/C17H20N5.C2HF3O2/c1-12-11-13(9-10-18-12)19-16-7-5-15-14(20-16)6-8-17(21-15)22(2,3)4;3-2(4,5)1(6)7/h5-11H,1-4H3,(H,18,19,20);(H,6,7)/q+1;. The van der Waals surface area contributed by atoms with Gasteiger partial charge in [0.2, 0.25) is 5.82 Å². The number of aryl methyl sites for hydroxylation is 1. The topological polar surface area (TPSA) is 88.0 Å². The monoisotopic (exact) mass is 408 g/mol. The zero-order valence-corrected chi connectivity index (χ0v) is 16.3. The van der Waals surface area contributed by atoms with Crippen LogP contribution < -0.4 is 9.80 Å². The number of aliphatic carboxylic acids is 1. The number of hydrogen-bond acceptors (Lipinski definition) is 5. The van der Waals surface area contributed by atoms with Crippen LogP contribution >= 0.6 is 0 Å². The Balaban J connectivity index is 0.000000370. The van der Waals surface area contributed by atoms with Gasteiger partial charge in [0.25, 0.3) is 0 Å². The molecule has 0 aliphatic heterocycles. The normalized spacial score (nSPS) is 11.6. The summed E-state index contributed by atoms with van der Waals surface area (Å²) in [5.41, 5.74) is 3.74. The van der Waals surface area contributed by atoms with E-state index in [9.17, 15) is 13.2 Å². The zero-order valence-electron chi connectivity index (χ0n) is 16.3. The number of rotatable bonds is 3. The van der Waals surface area contributed by atoms with Gasteiger partial charge in [-0.25, -0.2) is 9.78 Å². The summed E-state index contributed by atoms with van der Waals surface area (Å²) in [7, 11) is 6.30. The minimum absolute atomic E-state index is 0.687. The molecule has 0 spiro atoms. The third-order valence-corrected chi connectivity index (χ3v) is 3.63. The predicted octanol–water partition coefficient (Wildman–Crippen LogP) is 3.91. The molecule has 2 N–H and O–H groups in total. The number of pyridine rings is 3. The summed E-state index contributed by atoms with van der Waals surface area (Å²) in [4.78, 5) is 22.4. The molecule has 0 amide bonds. The van der Waals surface area contributed by atoms with Gasteiger partial charge in [0.05, 0.1) is 32.2 Å². The van der Waals surface area contributed by atoms with Crippen molar-refractivity contribution < 1.29 is 23.1 Å². The van der Waals surface area contributed by atoms with Crippen molar-refractivity contribution in [2.45, 2.75) is 13.1 Å². The van der Waals surface area contributed by atoms with Crippen LogP contribution in [0.4, 0.5) is 30.5 Å². The smallest absolute Gasteiger partial charge is 0.475 e. The van der Waals surface area contributed by atoms with E-state index in [1.165, 1.54) is 0 Å². The van der Waals surface area contributed by atoms with Crippen molar-refractivity contribution in [2.75, 3.05) is 26.5 Å². The van der Waals surface area contributed by atoms with Gasteiger partial charge in [0.1, 0.15) is 5.82 Å². The van der Waals surface area contributed by atoms with Crippen LogP contribution in [0.3, 0.4) is 0 Å². The van der Waals surface area contributed by atoms with E-state index >= 15 is 0 Å². The first kappa shape index (κ1) is 22.0. The molecular weight excluding hydrogens is 387 g/mol. The fourth-order valence-corrected chi connectivity index (χ4v) is 2.21. The van der Waals surface area contributed by atoms with Gasteiger partial charge in [0.15, 0.2) is 0 Å². The molecule has 3 rings (SSSR count). The van der Waals surface area contributed by atoms with Gasteiger partial charge in [-0.15, -0.1) is 0 Å². The first-order chi connectivity index (χ1) is 13.4. The number of fused-ring (bicyclic) bond motifs is 1. The second-order valence-electron chi connectivity index (χ2n) is 7.03. The number of carboxylic acid groups (broad SMARTS) is 1. The molecule has 29 heavy (non-hydrogen) atoms. The molecule has 0 fully saturated rings. The lowest BCUT2D eigenvalue weighted by atomic mass is 10.3. The van der Waals surface area contributed by atoms with Crippen molar-refractivity contribution >= 4 is 34.3 Å². The molecule has 0 aliphatic rings. The van der Waals surface area contributed by atoms with E-state index in [4.69, 9.17) is 9.90 Å². The van der Waals surface area contributed by atoms with Crippen LogP contribution in [-0.4, -0.2) is 53.3 Å². The fourth-order valence-electron chi connectivity index (χ4n) is 2.21. The largest absolute Gasteiger partial charge is 0.490 e. The van der Waals surface area contributed by atoms with Crippen LogP contribution in [0.15, 0.2) is 42.6 Å². The van der Waals surface area contributed by atoms with E-state index < -0.39 is 12.1 Å². The lowest BCUT2D eigenvalue weighted by Gasteiger charge is -2.21. The summed E-state index contributed by atoms with van der Waals surface area (Å²) in [5, 5.41) is 10.4. The molecule has 0 atom stereocenters. The van der Waals surface area contributed by atoms with Crippen LogP contribution in [0.1, 0.15) is 5.69 Å². The summed E-state index contributed by atoms with van der Waals surface area (Å²) >= 11 is 0. The van der Waals surface area contributed by atoms with Crippen molar-refractivity contribution in [1.82, 2.24) is 19.4 Å². The Morgan fingerprint density at radius 1 is 1.03 bits per heavy atom. The Bertz CT molecular complexity index is 1020. The number of nitrogens with zero attached hydrogens (tertiary/aromatic N) is 4. The maximum atomic E-state index is 10.6. The molecule has 7 nitrogen and oxygen atoms in total. The third kappa shape index (κ3) is 6.39. The number of quaternary nitrogens is 1. The Labute approximate surface area is 165 Å². The van der Waals surface area contributed by atoms with Gasteiger partial charge in [-0.2, -0.15) is 18.2 Å². The van der Waals surface area contributed by atoms with Crippen molar-refractivity contribution in [3.63, 3.8) is 0 Å². The molecule has 0 saturated heterocycles. The van der Waals surface area contributed by atoms with E-state index in [0.717, 1.165) is 34.1 Å². The number of nitrogens with one attached hydrogen (secondary N) is 1. The quantitative estimate of drug-likeness (QED) is 0.639. The Kier molecular flexibility index (Phi) is 6.38. The van der Waals surface area contributed by atoms with E-state index in [-0.39, 0.29) is 0 Å². The van der Waals surface area contributed by atoms with Crippen molar-refractivity contribution in [3.05, 3.63) is 48.3 Å². The highest BCUT2D eigenvalue weighted by atomic mass is 19.4. The molecule has 0 bridgehead atoms. The summed E-state index contributed by atoms with van der Waals surface area (Å²) < 4.78 is 32.4. The maximum absolute atomic E-state index is 10.6. The number of alkyl halides is 3. The fraction of sp³-hybridized carbons (Fsp3) is 0.263. The Hall–Kier alpha value is -3.27. The average Bonchev–Trinajstić information content (AvgIpc) is 2.60. The van der Waals surface area contributed by atoms with E-state index in [0.29, 0.717) is 4.48 Å². The molecule has 3 aromatic heterocycles. The summed E-state index contributed by atoms with van der Waals surface area (Å²) in [5.74, 6) is -0.940. The molecule has 154 valence electrons. The van der Waals surface area contributed by atoms with Gasteiger partial charge in [-0.05, 0) is 37.3 Å². The zero-order chi connectivity index (χ0) is 21.8. The van der Waals surface area contributed by atoms with E-state index in [2.05, 4.69) is 41.4 Å². The molecule has 0 unspecified atom stereocenters. The SMILES string of the molecule is Cc1cc(Nc2ccc3nc([N+](C)(C)C)ccc3n2)ccn1.O=C(O)C(F)(F)F. The maximum Gasteiger partial charge on any atom is 0.490 e. The van der Waals surface area contributed by atoms with Gasteiger partial charge in [0, 0.05) is 23.6 Å². The van der Waals surface area contributed by atoms with Gasteiger partial charge >= 0.3 is 12.1 Å². The minimum atomic E-state index is -5.08. The van der Waals surface area contributed by atoms with Crippen LogP contribution in [0, 0.1) is 6.92 Å². The molecular formula is C19H21F3N5O2+. The molecule has 0 radical (unpaired) electrons. The number of carboxylic acids is 1. The lowest BCUT2D eigenvalue weighted by Crippen LogP contribution is -2.35. The average molecular weight is 408 g/mol. The van der Waals surface area contributed by atoms with E-state index in [1.54, 1.807) is 6.20 Å². The van der Waals surface area contributed by atoms with Gasteiger partial charge in [-0.1, -0.05) is 0 Å². The van der Waals surface area contributed by atoms with Crippen molar-refractivity contribution in [2.24, 2.45) is 0 Å². The highest BCUT2D eigenvalue weighted by molar-refractivity contribution is 5.78. The molecule has 3 aromatic rings. The molecule has 0 aliphatic carbocycles. The van der Waals surface area contributed by atoms with Crippen molar-refractivity contribution in [3.8, 4) is 0 Å². The molecule has 0 aromatic carbocycles. The third-order valence-electron chi connectivity index (χ3n) is 3.63. The first-order valence-electron chi connectivity index (χ1n) is 8.46.